The van der Waals surface area contributed by atoms with Crippen LogP contribution in [0.5, 0.6) is 11.8 Å². The Bertz CT molecular complexity index is 5230. The van der Waals surface area contributed by atoms with Gasteiger partial charge in [0.1, 0.15) is 35.5 Å². The molecule has 0 aromatic carbocycles. The minimum Gasteiger partial charge on any atom is -0.481 e. The molecule has 12 aromatic heterocycles. The summed E-state index contributed by atoms with van der Waals surface area (Å²) in [5.41, 5.74) is 21.5. The second-order valence-corrected chi connectivity index (χ2v) is 31.3. The van der Waals surface area contributed by atoms with Gasteiger partial charge in [0.15, 0.2) is 5.78 Å². The molecule has 1 aliphatic carbocycles. The monoisotopic (exact) mass is 1770 g/mol. The number of hydrogen-bond acceptors (Lipinski definition) is 26. The van der Waals surface area contributed by atoms with Gasteiger partial charge in [0, 0.05) is 154 Å². The average molecular weight is 1770 g/mol. The van der Waals surface area contributed by atoms with Crippen molar-refractivity contribution in [3.63, 3.8) is 0 Å². The third kappa shape index (κ3) is 50.0. The number of pyridine rings is 7. The number of aromatic nitrogens is 16. The van der Waals surface area contributed by atoms with E-state index in [-0.39, 0.29) is 35.1 Å². The number of ether oxygens (including phenoxy) is 4. The van der Waals surface area contributed by atoms with Crippen molar-refractivity contribution >= 4 is 34.6 Å². The first-order chi connectivity index (χ1) is 60.4. The van der Waals surface area contributed by atoms with Gasteiger partial charge in [-0.05, 0) is 287 Å². The number of nitriles is 1. The molecule has 0 N–H and O–H groups in total. The number of nitrogens with zero attached hydrogens (tertiary/aromatic N) is 18. The summed E-state index contributed by atoms with van der Waals surface area (Å²) in [7, 11) is 2.95. The molecule has 2 unspecified atom stereocenters. The molecule has 29 heteroatoms. The Balaban J connectivity index is 0.000000471. The number of Topliss-reactive ketones (excluding diaryl/α,β-unsaturated/α-hetero) is 2. The number of morpholine rings is 1. The fourth-order valence-electron chi connectivity index (χ4n) is 10.6. The number of anilines is 1. The summed E-state index contributed by atoms with van der Waals surface area (Å²) in [4.78, 5) is 91.5. The van der Waals surface area contributed by atoms with Crippen molar-refractivity contribution in [3.05, 3.63) is 299 Å². The molecule has 0 amide bonds. The van der Waals surface area contributed by atoms with Crippen LogP contribution in [0.2, 0.25) is 0 Å². The van der Waals surface area contributed by atoms with Crippen LogP contribution in [0.1, 0.15) is 218 Å². The molecule has 2 fully saturated rings. The molecule has 1 saturated heterocycles. The van der Waals surface area contributed by atoms with Crippen molar-refractivity contribution < 1.29 is 46.5 Å². The lowest BCUT2D eigenvalue weighted by atomic mass is 10.1. The highest BCUT2D eigenvalue weighted by Gasteiger charge is 2.41. The first kappa shape index (κ1) is 112. The summed E-state index contributed by atoms with van der Waals surface area (Å²) < 4.78 is 57.1. The SMILES string of the molecule is CC(=O)C1CC1F.CC(=O)c1ccnc(C)c1.CCCc1cc(C)nc(C)n1.CCc1ccc(C)nc1.COC(=O)c1ccc(C)nc1.COc1cc(C)nc(C)n1.Cc1cc(C(C)(F)F)ccn1.Cc1cc(C)c(C#N)cn1.Cc1cc(C)c(C)nn1.Cc1cc(OC(C)C)nc(C)n1.Cc1ccc(N2CCOCC2)cn1.Cc1cccc(C)n1.Cc1csc(C)n1. The number of carbonyl (C=O) groups excluding carboxylic acids is 3. The Hall–Kier alpha value is -12.6. The molecule has 1 aliphatic heterocycles. The predicted octanol–water partition coefficient (Wildman–Crippen LogP) is 20.8. The summed E-state index contributed by atoms with van der Waals surface area (Å²) in [6.07, 6.45) is 13.1. The lowest BCUT2D eigenvalue weighted by Crippen LogP contribution is -2.36. The minimum absolute atomic E-state index is 0.00694. The van der Waals surface area contributed by atoms with Gasteiger partial charge in [0.05, 0.1) is 78.9 Å². The number of esters is 1. The maximum atomic E-state index is 12.6. The summed E-state index contributed by atoms with van der Waals surface area (Å²) in [5.74, 6) is 0.416. The highest BCUT2D eigenvalue weighted by Crippen LogP contribution is 2.34. The third-order valence-corrected chi connectivity index (χ3v) is 18.3. The normalized spacial score (nSPS) is 12.1. The van der Waals surface area contributed by atoms with Crippen LogP contribution < -0.4 is 14.4 Å². The molecule has 0 spiro atoms. The smallest absolute Gasteiger partial charge is 0.339 e. The molecule has 2 aliphatic rings. The third-order valence-electron chi connectivity index (χ3n) is 17.4. The second kappa shape index (κ2) is 60.2. The molecular weight excluding hydrogens is 1640 g/mol. The van der Waals surface area contributed by atoms with E-state index in [0.29, 0.717) is 35.0 Å². The topological polar surface area (TPSA) is 321 Å². The van der Waals surface area contributed by atoms with Crippen molar-refractivity contribution in [2.75, 3.05) is 45.4 Å². The maximum absolute atomic E-state index is 12.6. The van der Waals surface area contributed by atoms with E-state index in [9.17, 15) is 27.6 Å². The van der Waals surface area contributed by atoms with Crippen LogP contribution in [0.25, 0.3) is 0 Å². The lowest BCUT2D eigenvalue weighted by Gasteiger charge is -2.28. The predicted molar refractivity (Wildman–Crippen MR) is 503 cm³/mol. The summed E-state index contributed by atoms with van der Waals surface area (Å²) >= 11 is 1.69. The Labute approximate surface area is 760 Å². The zero-order valence-corrected chi connectivity index (χ0v) is 81.1. The number of hydrogen-bond donors (Lipinski definition) is 0. The number of ketones is 2. The first-order valence-corrected chi connectivity index (χ1v) is 42.9. The van der Waals surface area contributed by atoms with E-state index in [1.54, 1.807) is 75.0 Å². The summed E-state index contributed by atoms with van der Waals surface area (Å²) in [6, 6.07) is 35.7. The molecule has 25 nitrogen and oxygen atoms in total. The van der Waals surface area contributed by atoms with Gasteiger partial charge in [0.2, 0.25) is 11.8 Å². The molecule has 12 aromatic rings. The number of thiazole rings is 1. The van der Waals surface area contributed by atoms with Crippen LogP contribution in [-0.4, -0.2) is 150 Å². The van der Waals surface area contributed by atoms with Gasteiger partial charge >= 0.3 is 5.97 Å². The summed E-state index contributed by atoms with van der Waals surface area (Å²) in [5, 5.41) is 19.5. The molecule has 1 saturated carbocycles. The molecular formula is C99H131F3N18O7S. The van der Waals surface area contributed by atoms with Crippen LogP contribution in [-0.2, 0) is 33.0 Å². The fourth-order valence-corrected chi connectivity index (χ4v) is 11.2. The van der Waals surface area contributed by atoms with Crippen LogP contribution in [0.4, 0.5) is 18.9 Å². The highest BCUT2D eigenvalue weighted by molar-refractivity contribution is 7.09. The van der Waals surface area contributed by atoms with E-state index >= 15 is 0 Å². The average Bonchev–Trinajstić information content (AvgIpc) is 1.70. The molecule has 2 atom stereocenters. The Morgan fingerprint density at radius 3 is 1.44 bits per heavy atom. The van der Waals surface area contributed by atoms with Crippen LogP contribution in [0.3, 0.4) is 0 Å². The Morgan fingerprint density at radius 2 is 1.06 bits per heavy atom. The van der Waals surface area contributed by atoms with Gasteiger partial charge in [-0.2, -0.15) is 25.4 Å². The van der Waals surface area contributed by atoms with Crippen molar-refractivity contribution in [1.29, 1.82) is 5.26 Å². The van der Waals surface area contributed by atoms with E-state index < -0.39 is 12.1 Å². The van der Waals surface area contributed by atoms with Crippen LogP contribution >= 0.6 is 11.3 Å². The molecule has 0 radical (unpaired) electrons. The van der Waals surface area contributed by atoms with Gasteiger partial charge in [-0.25, -0.2) is 42.9 Å². The zero-order chi connectivity index (χ0) is 96.2. The molecule has 686 valence electrons. The Morgan fingerprint density at radius 1 is 0.539 bits per heavy atom. The van der Waals surface area contributed by atoms with Gasteiger partial charge in [-0.15, -0.1) is 11.3 Å². The van der Waals surface area contributed by atoms with E-state index in [2.05, 4.69) is 133 Å². The van der Waals surface area contributed by atoms with Gasteiger partial charge < -0.3 is 23.8 Å². The number of alkyl halides is 3. The van der Waals surface area contributed by atoms with Crippen molar-refractivity contribution in [2.45, 2.75) is 231 Å². The largest absolute Gasteiger partial charge is 0.481 e. The van der Waals surface area contributed by atoms with Gasteiger partial charge in [-0.3, -0.25) is 44.5 Å². The van der Waals surface area contributed by atoms with E-state index in [1.165, 1.54) is 55.4 Å². The van der Waals surface area contributed by atoms with E-state index in [1.807, 2.05) is 206 Å². The van der Waals surface area contributed by atoms with E-state index in [0.717, 1.165) is 166 Å². The number of rotatable bonds is 11. The van der Waals surface area contributed by atoms with Gasteiger partial charge in [-0.1, -0.05) is 32.4 Å². The van der Waals surface area contributed by atoms with E-state index in [4.69, 9.17) is 19.5 Å². The number of aryl methyl sites for hydroxylation is 22. The van der Waals surface area contributed by atoms with Crippen LogP contribution in [0, 0.1) is 156 Å². The van der Waals surface area contributed by atoms with Gasteiger partial charge in [0.25, 0.3) is 5.92 Å². The lowest BCUT2D eigenvalue weighted by molar-refractivity contribution is -0.118. The van der Waals surface area contributed by atoms with Crippen molar-refractivity contribution in [3.8, 4) is 17.8 Å². The number of methoxy groups -OCH3 is 2. The second-order valence-electron chi connectivity index (χ2n) is 30.3. The number of carbonyl (C=O) groups is 3. The zero-order valence-electron chi connectivity index (χ0n) is 80.3. The quantitative estimate of drug-likeness (QED) is 0.0857. The fraction of sp³-hybridized carbons (Fsp3) is 0.414. The highest BCUT2D eigenvalue weighted by atomic mass is 32.1. The molecule has 13 heterocycles. The Kier molecular flexibility index (Phi) is 52.4. The minimum atomic E-state index is -2.76. The maximum Gasteiger partial charge on any atom is 0.339 e. The molecule has 0 bridgehead atoms. The molecule has 14 rings (SSSR count). The first-order valence-electron chi connectivity index (χ1n) is 42.0. The van der Waals surface area contributed by atoms with Crippen LogP contribution in [0.15, 0.2) is 152 Å². The standard InChI is InChI=1S/C10H14N2O.C9H14N2O.C9H14N2.C8H9F2N.C8H8N2.C8H9NO2.C8H9NO.C8H11N.C7H10N2O.C7H10N2.C7H9N.C5H7FO.C5H7NS/c1-9-2-3-10(8-11-9)12-4-6-13-7-5-12;1-6(2)12-9-5-7(3)10-8(4)11-9;1-4-5-9-6-7(2)10-8(3)11-9;1-6-5-7(3-4-11-6)8(2,9)10;1-6-3-7(2)10-5-8(6)4-9;1-6-3-4-7(5-9-6)8(10)11-2;1-6-5-8(7(2)10)3-4-9-6;1-3-8-5-4-7(2)9-6-8;1-5-4-7(10-3)9-6(2)8-5;1-5-4-6(2)8-9-7(5)3;1-6-4-3-5-7(2)8-6;1-3(7)4-2-5(4)6;1-4-3-7-5(2)6-4/h2-3,8H,4-7H2,1H3;5-6H,1-4H3;6H,4-5H2,1-3H3;3-5H,1-2H3;3,5H,1-2H3;3-5H,1-2H3;3-5H,1-2H3;4-6H,3H2,1-2H3;4H,1-3H3;4H,1-3H3;3-5H,1-2H3;4-5H,2H2,1H3;3H,1-2H3. The van der Waals surface area contributed by atoms with Crippen molar-refractivity contribution in [2.24, 2.45) is 5.92 Å². The van der Waals surface area contributed by atoms with Crippen molar-refractivity contribution in [1.82, 2.24) is 80.0 Å². The summed E-state index contributed by atoms with van der Waals surface area (Å²) in [6.45, 7) is 54.4. The number of halogens is 3. The molecule has 128 heavy (non-hydrogen) atoms.